The molecule has 0 bridgehead atoms. The average molecular weight is 453 g/mol. The first-order chi connectivity index (χ1) is 15.9. The Bertz CT molecular complexity index is 1030. The van der Waals surface area contributed by atoms with Crippen LogP contribution in [0, 0.1) is 5.82 Å². The number of ether oxygens (including phenoxy) is 1. The van der Waals surface area contributed by atoms with E-state index in [9.17, 15) is 19.1 Å². The van der Waals surface area contributed by atoms with E-state index in [1.54, 1.807) is 30.3 Å². The number of rotatable bonds is 10. The van der Waals surface area contributed by atoms with E-state index < -0.39 is 23.5 Å². The minimum Gasteiger partial charge on any atom is -0.507 e. The van der Waals surface area contributed by atoms with Gasteiger partial charge < -0.3 is 19.6 Å². The summed E-state index contributed by atoms with van der Waals surface area (Å²) in [6.07, 6.45) is 1.62. The van der Waals surface area contributed by atoms with Gasteiger partial charge in [0.1, 0.15) is 23.9 Å². The third kappa shape index (κ3) is 5.31. The Labute approximate surface area is 193 Å². The van der Waals surface area contributed by atoms with E-state index in [2.05, 4.69) is 11.5 Å². The number of benzene rings is 2. The molecule has 0 radical (unpaired) electrons. The third-order valence-electron chi connectivity index (χ3n) is 5.77. The number of hydrogen-bond donors (Lipinski definition) is 1. The number of ketones is 1. The molecule has 2 aromatic carbocycles. The lowest BCUT2D eigenvalue weighted by Crippen LogP contribution is -2.38. The first kappa shape index (κ1) is 24.2. The van der Waals surface area contributed by atoms with Gasteiger partial charge in [-0.25, -0.2) is 4.39 Å². The van der Waals surface area contributed by atoms with Crippen LogP contribution in [0.2, 0.25) is 0 Å². The van der Waals surface area contributed by atoms with Gasteiger partial charge in [-0.3, -0.25) is 9.59 Å². The number of halogens is 1. The highest BCUT2D eigenvalue weighted by Gasteiger charge is 2.45. The van der Waals surface area contributed by atoms with E-state index in [4.69, 9.17) is 4.74 Å². The number of carbonyl (C=O) groups is 2. The quantitative estimate of drug-likeness (QED) is 0.254. The summed E-state index contributed by atoms with van der Waals surface area (Å²) in [5, 5.41) is 11.1. The Hall–Kier alpha value is -3.45. The molecule has 6 nitrogen and oxygen atoms in total. The molecule has 1 amide bonds. The Morgan fingerprint density at radius 3 is 2.33 bits per heavy atom. The molecule has 1 aliphatic rings. The molecule has 7 heteroatoms. The van der Waals surface area contributed by atoms with Crippen LogP contribution in [-0.4, -0.2) is 59.4 Å². The zero-order valence-electron chi connectivity index (χ0n) is 19.0. The SMILES string of the molecule is C=CCOc1ccc(C(O)=C2C(=O)C(=O)N(CCN(CC)CC)C2c2ccc(F)cc2)cc1. The van der Waals surface area contributed by atoms with Crippen LogP contribution in [0.5, 0.6) is 5.75 Å². The number of likely N-dealkylation sites (tertiary alicyclic amines) is 1. The van der Waals surface area contributed by atoms with Gasteiger partial charge in [0.05, 0.1) is 11.6 Å². The van der Waals surface area contributed by atoms with Crippen molar-refractivity contribution in [3.05, 3.63) is 83.7 Å². The molecule has 3 rings (SSSR count). The van der Waals surface area contributed by atoms with Gasteiger partial charge in [-0.15, -0.1) is 0 Å². The minimum atomic E-state index is -0.808. The molecule has 0 aliphatic carbocycles. The molecule has 1 heterocycles. The largest absolute Gasteiger partial charge is 0.507 e. The molecule has 2 aromatic rings. The van der Waals surface area contributed by atoms with Gasteiger partial charge >= 0.3 is 0 Å². The van der Waals surface area contributed by atoms with Crippen molar-refractivity contribution in [3.8, 4) is 5.75 Å². The van der Waals surface area contributed by atoms with Crippen molar-refractivity contribution >= 4 is 17.4 Å². The maximum atomic E-state index is 13.6. The van der Waals surface area contributed by atoms with Gasteiger partial charge in [-0.05, 0) is 55.1 Å². The summed E-state index contributed by atoms with van der Waals surface area (Å²) in [7, 11) is 0. The molecule has 0 aromatic heterocycles. The van der Waals surface area contributed by atoms with Crippen LogP contribution in [0.1, 0.15) is 31.0 Å². The van der Waals surface area contributed by atoms with Crippen molar-refractivity contribution in [1.82, 2.24) is 9.80 Å². The second-order valence-corrected chi connectivity index (χ2v) is 7.69. The van der Waals surface area contributed by atoms with Crippen molar-refractivity contribution < 1.29 is 23.8 Å². The number of aliphatic hydroxyl groups excluding tert-OH is 1. The van der Waals surface area contributed by atoms with E-state index in [1.807, 2.05) is 13.8 Å². The Morgan fingerprint density at radius 2 is 1.76 bits per heavy atom. The summed E-state index contributed by atoms with van der Waals surface area (Å²) in [6.45, 7) is 10.5. The van der Waals surface area contributed by atoms with Crippen molar-refractivity contribution in [3.63, 3.8) is 0 Å². The van der Waals surface area contributed by atoms with E-state index in [0.29, 0.717) is 36.6 Å². The van der Waals surface area contributed by atoms with Crippen molar-refractivity contribution in [2.24, 2.45) is 0 Å². The first-order valence-corrected chi connectivity index (χ1v) is 11.0. The summed E-state index contributed by atoms with van der Waals surface area (Å²) in [5.41, 5.74) is 0.934. The van der Waals surface area contributed by atoms with Crippen molar-refractivity contribution in [2.45, 2.75) is 19.9 Å². The number of Topliss-reactive ketones (excluding diaryl/α,β-unsaturated/α-hetero) is 1. The van der Waals surface area contributed by atoms with Crippen molar-refractivity contribution in [2.75, 3.05) is 32.8 Å². The summed E-state index contributed by atoms with van der Waals surface area (Å²) < 4.78 is 19.0. The normalized spacial score (nSPS) is 17.6. The average Bonchev–Trinajstić information content (AvgIpc) is 3.08. The van der Waals surface area contributed by atoms with Crippen molar-refractivity contribution in [1.29, 1.82) is 0 Å². The maximum absolute atomic E-state index is 13.6. The summed E-state index contributed by atoms with van der Waals surface area (Å²) >= 11 is 0. The number of likely N-dealkylation sites (N-methyl/N-ethyl adjacent to an activating group) is 1. The van der Waals surface area contributed by atoms with Gasteiger partial charge in [-0.2, -0.15) is 0 Å². The molecule has 1 N–H and O–H groups in total. The van der Waals surface area contributed by atoms with Gasteiger partial charge in [-0.1, -0.05) is 38.6 Å². The zero-order valence-corrected chi connectivity index (χ0v) is 19.0. The predicted molar refractivity (Wildman–Crippen MR) is 125 cm³/mol. The topological polar surface area (TPSA) is 70.1 Å². The fourth-order valence-electron chi connectivity index (χ4n) is 3.91. The molecular weight excluding hydrogens is 423 g/mol. The van der Waals surface area contributed by atoms with Crippen LogP contribution in [0.25, 0.3) is 5.76 Å². The van der Waals surface area contributed by atoms with Crippen LogP contribution in [0.15, 0.2) is 66.8 Å². The molecule has 1 saturated heterocycles. The van der Waals surface area contributed by atoms with Crippen LogP contribution in [0.3, 0.4) is 0 Å². The summed E-state index contributed by atoms with van der Waals surface area (Å²) in [6, 6.07) is 11.4. The van der Waals surface area contributed by atoms with Gasteiger partial charge in [0, 0.05) is 18.7 Å². The first-order valence-electron chi connectivity index (χ1n) is 11.0. The number of amides is 1. The lowest BCUT2D eigenvalue weighted by Gasteiger charge is -2.28. The fourth-order valence-corrected chi connectivity index (χ4v) is 3.91. The third-order valence-corrected chi connectivity index (χ3v) is 5.77. The monoisotopic (exact) mass is 452 g/mol. The van der Waals surface area contributed by atoms with Gasteiger partial charge in [0.2, 0.25) is 0 Å². The molecule has 174 valence electrons. The van der Waals surface area contributed by atoms with E-state index in [1.165, 1.54) is 29.2 Å². The summed E-state index contributed by atoms with van der Waals surface area (Å²) in [4.78, 5) is 29.6. The lowest BCUT2D eigenvalue weighted by molar-refractivity contribution is -0.140. The highest BCUT2D eigenvalue weighted by molar-refractivity contribution is 6.46. The van der Waals surface area contributed by atoms with Crippen LogP contribution >= 0.6 is 0 Å². The number of nitrogens with zero attached hydrogens (tertiary/aromatic N) is 2. The minimum absolute atomic E-state index is 0.00841. The highest BCUT2D eigenvalue weighted by atomic mass is 19.1. The number of carbonyl (C=O) groups excluding carboxylic acids is 2. The molecule has 0 spiro atoms. The van der Waals surface area contributed by atoms with Crippen LogP contribution in [-0.2, 0) is 9.59 Å². The van der Waals surface area contributed by atoms with Gasteiger partial charge in [0.25, 0.3) is 11.7 Å². The highest BCUT2D eigenvalue weighted by Crippen LogP contribution is 2.39. The predicted octanol–water partition coefficient (Wildman–Crippen LogP) is 4.15. The Morgan fingerprint density at radius 1 is 1.12 bits per heavy atom. The number of aliphatic hydroxyl groups is 1. The number of hydrogen-bond acceptors (Lipinski definition) is 5. The van der Waals surface area contributed by atoms with Gasteiger partial charge in [0.15, 0.2) is 0 Å². The van der Waals surface area contributed by atoms with Crippen LogP contribution in [0.4, 0.5) is 4.39 Å². The molecule has 33 heavy (non-hydrogen) atoms. The Balaban J connectivity index is 2.03. The standard InChI is InChI=1S/C26H29FN2O4/c1-4-17-33-21-13-9-19(10-14-21)24(30)22-23(18-7-11-20(27)12-8-18)29(26(32)25(22)31)16-15-28(5-2)6-3/h4,7-14,23,30H,1,5-6,15-17H2,2-3H3. The van der Waals surface area contributed by atoms with E-state index in [-0.39, 0.29) is 11.3 Å². The second-order valence-electron chi connectivity index (χ2n) is 7.69. The molecule has 1 aliphatic heterocycles. The second kappa shape index (κ2) is 10.9. The smallest absolute Gasteiger partial charge is 0.295 e. The van der Waals surface area contributed by atoms with E-state index in [0.717, 1.165) is 13.1 Å². The fraction of sp³-hybridized carbons (Fsp3) is 0.308. The zero-order chi connectivity index (χ0) is 24.0. The molecule has 1 fully saturated rings. The molecular formula is C26H29FN2O4. The Kier molecular flexibility index (Phi) is 8.01. The molecule has 1 atom stereocenters. The van der Waals surface area contributed by atoms with E-state index >= 15 is 0 Å². The molecule has 0 saturated carbocycles. The summed E-state index contributed by atoms with van der Waals surface area (Å²) in [5.74, 6) is -1.55. The molecule has 1 unspecified atom stereocenters. The lowest BCUT2D eigenvalue weighted by atomic mass is 9.95. The van der Waals surface area contributed by atoms with Crippen LogP contribution < -0.4 is 4.74 Å². The maximum Gasteiger partial charge on any atom is 0.295 e.